The fourth-order valence-corrected chi connectivity index (χ4v) is 2.61. The molecule has 2 aromatic rings. The zero-order valence-electron chi connectivity index (χ0n) is 16.8. The second-order valence-electron chi connectivity index (χ2n) is 7.73. The van der Waals surface area contributed by atoms with Crippen LogP contribution >= 0.6 is 0 Å². The second-order valence-corrected chi connectivity index (χ2v) is 7.73. The minimum atomic E-state index is -0.265. The SMILES string of the molecule is Cc1ccc(C(=O)N(Cc2cc(C(=O)NCC(C)C)no2)CC(C)C)cc1. The van der Waals surface area contributed by atoms with Gasteiger partial charge in [0.25, 0.3) is 11.8 Å². The minimum absolute atomic E-state index is 0.0640. The van der Waals surface area contributed by atoms with Crippen molar-refractivity contribution in [3.63, 3.8) is 0 Å². The fraction of sp³-hybridized carbons (Fsp3) is 0.476. The Morgan fingerprint density at radius 1 is 1.11 bits per heavy atom. The van der Waals surface area contributed by atoms with Gasteiger partial charge in [0.2, 0.25) is 0 Å². The highest BCUT2D eigenvalue weighted by Crippen LogP contribution is 2.14. The molecular formula is C21H29N3O3. The van der Waals surface area contributed by atoms with E-state index in [4.69, 9.17) is 4.52 Å². The first-order valence-corrected chi connectivity index (χ1v) is 9.36. The molecule has 6 nitrogen and oxygen atoms in total. The molecule has 0 unspecified atom stereocenters. The molecule has 0 saturated heterocycles. The molecule has 1 aromatic heterocycles. The van der Waals surface area contributed by atoms with Crippen LogP contribution in [-0.2, 0) is 6.54 Å². The lowest BCUT2D eigenvalue weighted by Crippen LogP contribution is -2.33. The largest absolute Gasteiger partial charge is 0.359 e. The molecule has 6 heteroatoms. The van der Waals surface area contributed by atoms with E-state index < -0.39 is 0 Å². The van der Waals surface area contributed by atoms with Crippen molar-refractivity contribution < 1.29 is 14.1 Å². The van der Waals surface area contributed by atoms with E-state index in [9.17, 15) is 9.59 Å². The van der Waals surface area contributed by atoms with Crippen LogP contribution in [0.5, 0.6) is 0 Å². The number of aryl methyl sites for hydroxylation is 1. The van der Waals surface area contributed by atoms with Gasteiger partial charge in [0.15, 0.2) is 11.5 Å². The lowest BCUT2D eigenvalue weighted by molar-refractivity contribution is 0.0705. The molecule has 0 aliphatic carbocycles. The zero-order chi connectivity index (χ0) is 20.0. The Morgan fingerprint density at radius 2 is 1.78 bits per heavy atom. The quantitative estimate of drug-likeness (QED) is 0.768. The second kappa shape index (κ2) is 9.35. The monoisotopic (exact) mass is 371 g/mol. The van der Waals surface area contributed by atoms with Crippen molar-refractivity contribution in [2.24, 2.45) is 11.8 Å². The Kier molecular flexibility index (Phi) is 7.16. The highest BCUT2D eigenvalue weighted by Gasteiger charge is 2.20. The molecule has 0 spiro atoms. The summed E-state index contributed by atoms with van der Waals surface area (Å²) in [6, 6.07) is 9.11. The molecule has 0 aliphatic heterocycles. The van der Waals surface area contributed by atoms with Gasteiger partial charge in [-0.05, 0) is 30.9 Å². The molecule has 1 heterocycles. The van der Waals surface area contributed by atoms with Gasteiger partial charge in [-0.1, -0.05) is 50.5 Å². The third-order valence-corrected chi connectivity index (χ3v) is 3.98. The topological polar surface area (TPSA) is 75.4 Å². The zero-order valence-corrected chi connectivity index (χ0v) is 16.8. The molecule has 0 saturated carbocycles. The van der Waals surface area contributed by atoms with Crippen molar-refractivity contribution in [2.45, 2.75) is 41.2 Å². The van der Waals surface area contributed by atoms with Gasteiger partial charge in [-0.15, -0.1) is 0 Å². The molecule has 27 heavy (non-hydrogen) atoms. The summed E-state index contributed by atoms with van der Waals surface area (Å²) in [5.74, 6) is 0.820. The number of hydrogen-bond donors (Lipinski definition) is 1. The van der Waals surface area contributed by atoms with Crippen molar-refractivity contribution in [1.82, 2.24) is 15.4 Å². The number of nitrogens with one attached hydrogen (secondary N) is 1. The fourth-order valence-electron chi connectivity index (χ4n) is 2.61. The van der Waals surface area contributed by atoms with Crippen LogP contribution in [0.4, 0.5) is 0 Å². The van der Waals surface area contributed by atoms with E-state index >= 15 is 0 Å². The minimum Gasteiger partial charge on any atom is -0.359 e. The van der Waals surface area contributed by atoms with Crippen LogP contribution in [0.2, 0.25) is 0 Å². The standard InChI is InChI=1S/C21H29N3O3/c1-14(2)11-22-20(25)19-10-18(27-23-19)13-24(12-15(3)4)21(26)17-8-6-16(5)7-9-17/h6-10,14-15H,11-13H2,1-5H3,(H,22,25). The smallest absolute Gasteiger partial charge is 0.273 e. The van der Waals surface area contributed by atoms with Crippen molar-refractivity contribution in [3.05, 3.63) is 52.9 Å². The molecule has 0 radical (unpaired) electrons. The van der Waals surface area contributed by atoms with Gasteiger partial charge >= 0.3 is 0 Å². The Hall–Kier alpha value is -2.63. The molecule has 0 fully saturated rings. The van der Waals surface area contributed by atoms with Gasteiger partial charge < -0.3 is 14.7 Å². The lowest BCUT2D eigenvalue weighted by Gasteiger charge is -2.23. The number of carbonyl (C=O) groups is 2. The Balaban J connectivity index is 2.11. The maximum Gasteiger partial charge on any atom is 0.273 e. The number of aromatic nitrogens is 1. The van der Waals surface area contributed by atoms with Crippen molar-refractivity contribution in [1.29, 1.82) is 0 Å². The van der Waals surface area contributed by atoms with Crippen LogP contribution in [0.25, 0.3) is 0 Å². The summed E-state index contributed by atoms with van der Waals surface area (Å²) in [4.78, 5) is 26.7. The molecule has 0 atom stereocenters. The third kappa shape index (κ3) is 6.24. The summed E-state index contributed by atoms with van der Waals surface area (Å²) in [6.45, 7) is 11.6. The summed E-state index contributed by atoms with van der Waals surface area (Å²) in [6.07, 6.45) is 0. The summed E-state index contributed by atoms with van der Waals surface area (Å²) < 4.78 is 5.31. The first-order chi connectivity index (χ1) is 12.8. The maximum absolute atomic E-state index is 12.9. The predicted octanol–water partition coefficient (Wildman–Crippen LogP) is 3.67. The molecule has 2 amide bonds. The van der Waals surface area contributed by atoms with E-state index in [1.807, 2.05) is 45.0 Å². The highest BCUT2D eigenvalue weighted by molar-refractivity contribution is 5.94. The number of nitrogens with zero attached hydrogens (tertiary/aromatic N) is 2. The first kappa shape index (κ1) is 20.7. The van der Waals surface area contributed by atoms with Crippen LogP contribution in [0, 0.1) is 18.8 Å². The number of amides is 2. The van der Waals surface area contributed by atoms with Crippen LogP contribution in [-0.4, -0.2) is 35.0 Å². The Morgan fingerprint density at radius 3 is 2.37 bits per heavy atom. The third-order valence-electron chi connectivity index (χ3n) is 3.98. The molecule has 146 valence electrons. The highest BCUT2D eigenvalue weighted by atomic mass is 16.5. The van der Waals surface area contributed by atoms with E-state index in [2.05, 4.69) is 24.3 Å². The molecule has 2 rings (SSSR count). The van der Waals surface area contributed by atoms with Crippen molar-refractivity contribution in [2.75, 3.05) is 13.1 Å². The molecule has 0 aliphatic rings. The molecule has 1 aromatic carbocycles. The molecule has 0 bridgehead atoms. The number of rotatable bonds is 8. The summed E-state index contributed by atoms with van der Waals surface area (Å²) in [5, 5.41) is 6.65. The number of carbonyl (C=O) groups excluding carboxylic acids is 2. The lowest BCUT2D eigenvalue weighted by atomic mass is 10.1. The van der Waals surface area contributed by atoms with Gasteiger partial charge in [0.1, 0.15) is 0 Å². The average Bonchev–Trinajstić information content (AvgIpc) is 3.07. The Labute approximate surface area is 160 Å². The van der Waals surface area contributed by atoms with Crippen LogP contribution in [0.15, 0.2) is 34.9 Å². The van der Waals surface area contributed by atoms with Crippen LogP contribution in [0.1, 0.15) is 59.9 Å². The van der Waals surface area contributed by atoms with E-state index in [1.165, 1.54) is 0 Å². The maximum atomic E-state index is 12.9. The van der Waals surface area contributed by atoms with Crippen molar-refractivity contribution >= 4 is 11.8 Å². The van der Waals surface area contributed by atoms with Gasteiger partial charge in [-0.25, -0.2) is 0 Å². The van der Waals surface area contributed by atoms with E-state index in [0.717, 1.165) is 5.56 Å². The summed E-state index contributed by atoms with van der Waals surface area (Å²) in [5.41, 5.74) is 1.97. The normalized spacial score (nSPS) is 11.1. The van der Waals surface area contributed by atoms with Crippen LogP contribution in [0.3, 0.4) is 0 Å². The van der Waals surface area contributed by atoms with Gasteiger partial charge in [-0.3, -0.25) is 9.59 Å². The predicted molar refractivity (Wildman–Crippen MR) is 104 cm³/mol. The van der Waals surface area contributed by atoms with E-state index in [1.54, 1.807) is 11.0 Å². The Bertz CT molecular complexity index is 763. The van der Waals surface area contributed by atoms with E-state index in [-0.39, 0.29) is 24.1 Å². The van der Waals surface area contributed by atoms with Gasteiger partial charge in [0, 0.05) is 24.7 Å². The van der Waals surface area contributed by atoms with Gasteiger partial charge in [0.05, 0.1) is 6.54 Å². The van der Waals surface area contributed by atoms with Crippen molar-refractivity contribution in [3.8, 4) is 0 Å². The average molecular weight is 371 g/mol. The molecular weight excluding hydrogens is 342 g/mol. The van der Waals surface area contributed by atoms with Crippen LogP contribution < -0.4 is 5.32 Å². The number of benzene rings is 1. The van der Waals surface area contributed by atoms with E-state index in [0.29, 0.717) is 36.2 Å². The van der Waals surface area contributed by atoms with Gasteiger partial charge in [-0.2, -0.15) is 0 Å². The number of hydrogen-bond acceptors (Lipinski definition) is 4. The summed E-state index contributed by atoms with van der Waals surface area (Å²) >= 11 is 0. The summed E-state index contributed by atoms with van der Waals surface area (Å²) in [7, 11) is 0. The first-order valence-electron chi connectivity index (χ1n) is 9.36. The molecule has 1 N–H and O–H groups in total.